The first-order valence-corrected chi connectivity index (χ1v) is 7.22. The van der Waals surface area contributed by atoms with E-state index in [1.54, 1.807) is 0 Å². The van der Waals surface area contributed by atoms with Crippen LogP contribution in [0.15, 0.2) is 18.2 Å². The van der Waals surface area contributed by atoms with E-state index in [9.17, 15) is 4.39 Å². The number of aliphatic hydroxyl groups is 1. The Morgan fingerprint density at radius 3 is 2.85 bits per heavy atom. The molecule has 0 aromatic heterocycles. The molecule has 1 saturated heterocycles. The fourth-order valence-corrected chi connectivity index (χ4v) is 2.82. The van der Waals surface area contributed by atoms with E-state index in [2.05, 4.69) is 30.6 Å². The van der Waals surface area contributed by atoms with Gasteiger partial charge in [0.15, 0.2) is 0 Å². The number of nitrogens with zero attached hydrogens (tertiary/aromatic N) is 1. The van der Waals surface area contributed by atoms with E-state index in [0.717, 1.165) is 24.6 Å². The predicted molar refractivity (Wildman–Crippen MR) is 78.6 cm³/mol. The smallest absolute Gasteiger partial charge is 0.138 e. The molecule has 1 N–H and O–H groups in total. The molecule has 1 aliphatic heterocycles. The molecule has 0 bridgehead atoms. The third kappa shape index (κ3) is 3.82. The van der Waals surface area contributed by atoms with E-state index in [1.165, 1.54) is 12.5 Å². The number of hydrogen-bond acceptors (Lipinski definition) is 2. The van der Waals surface area contributed by atoms with Crippen LogP contribution in [0.1, 0.15) is 37.8 Å². The molecule has 0 spiro atoms. The Bertz CT molecular complexity index is 517. The van der Waals surface area contributed by atoms with Crippen LogP contribution in [-0.4, -0.2) is 29.2 Å². The lowest BCUT2D eigenvalue weighted by molar-refractivity contribution is 0.256. The standard InChI is InChI=1S/C17H22FNO/c1-13-9-14(2)19(11-13)12-15-6-7-17(18)16(10-15)5-3-4-8-20/h6-7,10,13-14,20H,4,8-9,11-12H2,1-2H3. The molecule has 2 rings (SSSR count). The molecule has 0 radical (unpaired) electrons. The van der Waals surface area contributed by atoms with Crippen molar-refractivity contribution in [3.05, 3.63) is 35.1 Å². The maximum Gasteiger partial charge on any atom is 0.138 e. The van der Waals surface area contributed by atoms with Gasteiger partial charge in [-0.05, 0) is 37.0 Å². The Kier molecular flexibility index (Phi) is 5.17. The number of halogens is 1. The second kappa shape index (κ2) is 6.88. The van der Waals surface area contributed by atoms with Gasteiger partial charge in [-0.3, -0.25) is 4.90 Å². The van der Waals surface area contributed by atoms with Crippen molar-refractivity contribution in [3.63, 3.8) is 0 Å². The van der Waals surface area contributed by atoms with Crippen molar-refractivity contribution in [1.29, 1.82) is 0 Å². The van der Waals surface area contributed by atoms with Gasteiger partial charge in [-0.2, -0.15) is 0 Å². The highest BCUT2D eigenvalue weighted by Crippen LogP contribution is 2.24. The summed E-state index contributed by atoms with van der Waals surface area (Å²) in [6.45, 7) is 6.48. The Morgan fingerprint density at radius 1 is 1.40 bits per heavy atom. The molecule has 2 unspecified atom stereocenters. The first-order chi connectivity index (χ1) is 9.60. The van der Waals surface area contributed by atoms with Crippen molar-refractivity contribution in [1.82, 2.24) is 4.90 Å². The number of likely N-dealkylation sites (tertiary alicyclic amines) is 1. The van der Waals surface area contributed by atoms with E-state index in [1.807, 2.05) is 12.1 Å². The van der Waals surface area contributed by atoms with Crippen molar-refractivity contribution in [3.8, 4) is 11.8 Å². The average Bonchev–Trinajstić information content (AvgIpc) is 2.72. The van der Waals surface area contributed by atoms with E-state index in [4.69, 9.17) is 5.11 Å². The number of rotatable bonds is 3. The third-order valence-electron chi connectivity index (χ3n) is 3.79. The largest absolute Gasteiger partial charge is 0.395 e. The minimum absolute atomic E-state index is 0.0114. The Morgan fingerprint density at radius 2 is 2.20 bits per heavy atom. The van der Waals surface area contributed by atoms with Crippen molar-refractivity contribution in [2.45, 2.75) is 39.3 Å². The topological polar surface area (TPSA) is 23.5 Å². The van der Waals surface area contributed by atoms with Crippen molar-refractivity contribution in [2.75, 3.05) is 13.2 Å². The molecule has 20 heavy (non-hydrogen) atoms. The maximum absolute atomic E-state index is 13.7. The second-order valence-electron chi connectivity index (χ2n) is 5.71. The van der Waals surface area contributed by atoms with Crippen molar-refractivity contribution in [2.24, 2.45) is 5.92 Å². The van der Waals surface area contributed by atoms with Crippen LogP contribution in [0.3, 0.4) is 0 Å². The van der Waals surface area contributed by atoms with Gasteiger partial charge in [0.05, 0.1) is 12.2 Å². The van der Waals surface area contributed by atoms with Crippen LogP contribution in [0.4, 0.5) is 4.39 Å². The molecule has 0 amide bonds. The Hall–Kier alpha value is -1.37. The molecule has 1 aromatic rings. The minimum Gasteiger partial charge on any atom is -0.395 e. The van der Waals surface area contributed by atoms with Gasteiger partial charge in [0.25, 0.3) is 0 Å². The summed E-state index contributed by atoms with van der Waals surface area (Å²) < 4.78 is 13.7. The molecular formula is C17H22FNO. The fourth-order valence-electron chi connectivity index (χ4n) is 2.82. The summed E-state index contributed by atoms with van der Waals surface area (Å²) in [6.07, 6.45) is 1.61. The number of aliphatic hydroxyl groups excluding tert-OH is 1. The molecule has 1 aliphatic rings. The summed E-state index contributed by atoms with van der Waals surface area (Å²) in [7, 11) is 0. The molecule has 1 heterocycles. The zero-order chi connectivity index (χ0) is 14.5. The van der Waals surface area contributed by atoms with Crippen molar-refractivity contribution < 1.29 is 9.50 Å². The van der Waals surface area contributed by atoms with Crippen LogP contribution < -0.4 is 0 Å². The van der Waals surface area contributed by atoms with E-state index in [0.29, 0.717) is 18.0 Å². The summed E-state index contributed by atoms with van der Waals surface area (Å²) in [5.41, 5.74) is 1.52. The first kappa shape index (κ1) is 15.0. The van der Waals surface area contributed by atoms with Gasteiger partial charge in [0.1, 0.15) is 5.82 Å². The molecule has 2 atom stereocenters. The number of hydrogen-bond donors (Lipinski definition) is 1. The highest BCUT2D eigenvalue weighted by atomic mass is 19.1. The first-order valence-electron chi connectivity index (χ1n) is 7.22. The minimum atomic E-state index is -0.290. The van der Waals surface area contributed by atoms with E-state index >= 15 is 0 Å². The van der Waals surface area contributed by atoms with Crippen LogP contribution in [-0.2, 0) is 6.54 Å². The molecule has 1 aromatic carbocycles. The van der Waals surface area contributed by atoms with E-state index < -0.39 is 0 Å². The van der Waals surface area contributed by atoms with Gasteiger partial charge in [0, 0.05) is 25.6 Å². The fraction of sp³-hybridized carbons (Fsp3) is 0.529. The van der Waals surface area contributed by atoms with Gasteiger partial charge < -0.3 is 5.11 Å². The number of benzene rings is 1. The zero-order valence-electron chi connectivity index (χ0n) is 12.2. The van der Waals surface area contributed by atoms with Crippen LogP contribution in [0.25, 0.3) is 0 Å². The summed E-state index contributed by atoms with van der Waals surface area (Å²) in [6, 6.07) is 5.74. The molecule has 1 fully saturated rings. The summed E-state index contributed by atoms with van der Waals surface area (Å²) in [5, 5.41) is 8.71. The monoisotopic (exact) mass is 275 g/mol. The molecule has 2 nitrogen and oxygen atoms in total. The lowest BCUT2D eigenvalue weighted by Crippen LogP contribution is -2.26. The summed E-state index contributed by atoms with van der Waals surface area (Å²) >= 11 is 0. The van der Waals surface area contributed by atoms with Crippen LogP contribution >= 0.6 is 0 Å². The van der Waals surface area contributed by atoms with Gasteiger partial charge in [-0.1, -0.05) is 24.8 Å². The van der Waals surface area contributed by atoms with Gasteiger partial charge in [-0.15, -0.1) is 0 Å². The zero-order valence-corrected chi connectivity index (χ0v) is 12.2. The Balaban J connectivity index is 2.10. The van der Waals surface area contributed by atoms with Crippen LogP contribution in [0.5, 0.6) is 0 Å². The van der Waals surface area contributed by atoms with Crippen LogP contribution in [0, 0.1) is 23.6 Å². The SMILES string of the molecule is CC1CC(C)N(Cc2ccc(F)c(C#CCCO)c2)C1. The van der Waals surface area contributed by atoms with Crippen molar-refractivity contribution >= 4 is 0 Å². The predicted octanol–water partition coefficient (Wildman–Crippen LogP) is 2.79. The lowest BCUT2D eigenvalue weighted by atomic mass is 10.1. The lowest BCUT2D eigenvalue weighted by Gasteiger charge is -2.21. The third-order valence-corrected chi connectivity index (χ3v) is 3.79. The highest BCUT2D eigenvalue weighted by Gasteiger charge is 2.25. The molecule has 0 saturated carbocycles. The maximum atomic E-state index is 13.7. The molecular weight excluding hydrogens is 253 g/mol. The van der Waals surface area contributed by atoms with E-state index in [-0.39, 0.29) is 12.4 Å². The Labute approximate surface area is 120 Å². The molecule has 0 aliphatic carbocycles. The highest BCUT2D eigenvalue weighted by molar-refractivity contribution is 5.38. The average molecular weight is 275 g/mol. The van der Waals surface area contributed by atoms with Gasteiger partial charge in [0.2, 0.25) is 0 Å². The van der Waals surface area contributed by atoms with Gasteiger partial charge in [-0.25, -0.2) is 4.39 Å². The summed E-state index contributed by atoms with van der Waals surface area (Å²) in [4.78, 5) is 2.43. The van der Waals surface area contributed by atoms with Crippen LogP contribution in [0.2, 0.25) is 0 Å². The summed E-state index contributed by atoms with van der Waals surface area (Å²) in [5.74, 6) is 6.01. The molecule has 108 valence electrons. The quantitative estimate of drug-likeness (QED) is 0.857. The second-order valence-corrected chi connectivity index (χ2v) is 5.71. The molecule has 3 heteroatoms. The van der Waals surface area contributed by atoms with Gasteiger partial charge >= 0.3 is 0 Å². The normalized spacial score (nSPS) is 22.6.